The zero-order valence-corrected chi connectivity index (χ0v) is 12.1. The second-order valence-electron chi connectivity index (χ2n) is 3.67. The van der Waals surface area contributed by atoms with Crippen molar-refractivity contribution in [1.29, 1.82) is 0 Å². The van der Waals surface area contributed by atoms with Gasteiger partial charge in [-0.25, -0.2) is 4.98 Å². The fraction of sp³-hybridized carbons (Fsp3) is 0.154. The molecule has 0 amide bonds. The standard InChI is InChI=1S/C13H12Cl2N2S/c1-16-13-5-2-9(7-17-13)8-18-10-3-4-11(14)12(15)6-10/h2-7H,8H2,1H3,(H,16,17). The first kappa shape index (κ1) is 13.5. The molecule has 0 saturated carbocycles. The molecule has 1 aromatic carbocycles. The highest BCUT2D eigenvalue weighted by Crippen LogP contribution is 2.29. The van der Waals surface area contributed by atoms with Crippen molar-refractivity contribution in [3.05, 3.63) is 52.1 Å². The molecule has 0 atom stereocenters. The molecule has 1 N–H and O–H groups in total. The van der Waals surface area contributed by atoms with Crippen molar-refractivity contribution < 1.29 is 0 Å². The minimum absolute atomic E-state index is 0.584. The Morgan fingerprint density at radius 3 is 2.61 bits per heavy atom. The van der Waals surface area contributed by atoms with Gasteiger partial charge in [-0.15, -0.1) is 11.8 Å². The highest BCUT2D eigenvalue weighted by atomic mass is 35.5. The number of anilines is 1. The summed E-state index contributed by atoms with van der Waals surface area (Å²) >= 11 is 13.5. The lowest BCUT2D eigenvalue weighted by Gasteiger charge is -2.04. The quantitative estimate of drug-likeness (QED) is 0.827. The van der Waals surface area contributed by atoms with Crippen LogP contribution >= 0.6 is 35.0 Å². The summed E-state index contributed by atoms with van der Waals surface area (Å²) < 4.78 is 0. The zero-order chi connectivity index (χ0) is 13.0. The number of pyridine rings is 1. The van der Waals surface area contributed by atoms with Gasteiger partial charge < -0.3 is 5.32 Å². The lowest BCUT2D eigenvalue weighted by Crippen LogP contribution is -1.92. The molecule has 94 valence electrons. The van der Waals surface area contributed by atoms with Crippen LogP contribution in [0.25, 0.3) is 0 Å². The van der Waals surface area contributed by atoms with Gasteiger partial charge in [0.2, 0.25) is 0 Å². The normalized spacial score (nSPS) is 10.4. The van der Waals surface area contributed by atoms with Gasteiger partial charge in [0.15, 0.2) is 0 Å². The molecule has 0 radical (unpaired) electrons. The molecule has 0 saturated heterocycles. The lowest BCUT2D eigenvalue weighted by atomic mass is 10.3. The smallest absolute Gasteiger partial charge is 0.125 e. The minimum Gasteiger partial charge on any atom is -0.373 e. The molecule has 1 heterocycles. The second-order valence-corrected chi connectivity index (χ2v) is 5.53. The summed E-state index contributed by atoms with van der Waals surface area (Å²) in [5.74, 6) is 1.73. The first-order valence-electron chi connectivity index (χ1n) is 5.39. The van der Waals surface area contributed by atoms with E-state index in [1.807, 2.05) is 37.5 Å². The summed E-state index contributed by atoms with van der Waals surface area (Å²) in [6, 6.07) is 9.68. The summed E-state index contributed by atoms with van der Waals surface area (Å²) in [4.78, 5) is 5.37. The Labute approximate surface area is 121 Å². The first-order chi connectivity index (χ1) is 8.69. The molecule has 2 aromatic rings. The highest BCUT2D eigenvalue weighted by Gasteiger charge is 2.01. The van der Waals surface area contributed by atoms with Gasteiger partial charge in [-0.05, 0) is 29.8 Å². The van der Waals surface area contributed by atoms with E-state index < -0.39 is 0 Å². The SMILES string of the molecule is CNc1ccc(CSc2ccc(Cl)c(Cl)c2)cn1. The molecule has 18 heavy (non-hydrogen) atoms. The molecule has 0 bridgehead atoms. The number of hydrogen-bond acceptors (Lipinski definition) is 3. The molecule has 0 spiro atoms. The van der Waals surface area contributed by atoms with Gasteiger partial charge in [-0.3, -0.25) is 0 Å². The maximum Gasteiger partial charge on any atom is 0.125 e. The van der Waals surface area contributed by atoms with Crippen LogP contribution in [0.3, 0.4) is 0 Å². The summed E-state index contributed by atoms with van der Waals surface area (Å²) in [7, 11) is 1.85. The summed E-state index contributed by atoms with van der Waals surface area (Å²) in [6.07, 6.45) is 1.87. The van der Waals surface area contributed by atoms with E-state index in [4.69, 9.17) is 23.2 Å². The first-order valence-corrected chi connectivity index (χ1v) is 7.14. The van der Waals surface area contributed by atoms with Crippen LogP contribution in [0.15, 0.2) is 41.4 Å². The number of halogens is 2. The Kier molecular flexibility index (Phi) is 4.75. The predicted molar refractivity (Wildman–Crippen MR) is 79.8 cm³/mol. The molecule has 0 unspecified atom stereocenters. The van der Waals surface area contributed by atoms with Crippen molar-refractivity contribution in [2.75, 3.05) is 12.4 Å². The molecule has 2 nitrogen and oxygen atoms in total. The number of nitrogens with zero attached hydrogens (tertiary/aromatic N) is 1. The van der Waals surface area contributed by atoms with Gasteiger partial charge in [0, 0.05) is 23.9 Å². The molecule has 2 rings (SSSR count). The fourth-order valence-corrected chi connectivity index (χ4v) is 2.62. The number of benzene rings is 1. The lowest BCUT2D eigenvalue weighted by molar-refractivity contribution is 1.23. The van der Waals surface area contributed by atoms with E-state index in [9.17, 15) is 0 Å². The van der Waals surface area contributed by atoms with Crippen LogP contribution in [0, 0.1) is 0 Å². The van der Waals surface area contributed by atoms with E-state index in [-0.39, 0.29) is 0 Å². The van der Waals surface area contributed by atoms with E-state index in [0.29, 0.717) is 10.0 Å². The molecular formula is C13H12Cl2N2S. The molecule has 5 heteroatoms. The Hall–Kier alpha value is -0.900. The Morgan fingerprint density at radius 1 is 1.17 bits per heavy atom. The van der Waals surface area contributed by atoms with Gasteiger partial charge in [-0.2, -0.15) is 0 Å². The highest BCUT2D eigenvalue weighted by molar-refractivity contribution is 7.98. The summed E-state index contributed by atoms with van der Waals surface area (Å²) in [5, 5.41) is 4.16. The second kappa shape index (κ2) is 6.32. The Morgan fingerprint density at radius 2 is 2.00 bits per heavy atom. The largest absolute Gasteiger partial charge is 0.373 e. The van der Waals surface area contributed by atoms with Crippen LogP contribution < -0.4 is 5.32 Å². The maximum atomic E-state index is 5.97. The number of thioether (sulfide) groups is 1. The fourth-order valence-electron chi connectivity index (χ4n) is 1.39. The molecule has 1 aromatic heterocycles. The third-order valence-electron chi connectivity index (χ3n) is 2.38. The van der Waals surface area contributed by atoms with Crippen molar-refractivity contribution in [2.45, 2.75) is 10.6 Å². The average Bonchev–Trinajstić information content (AvgIpc) is 2.41. The molecular weight excluding hydrogens is 287 g/mol. The third-order valence-corrected chi connectivity index (χ3v) is 4.18. The monoisotopic (exact) mass is 298 g/mol. The van der Waals surface area contributed by atoms with E-state index in [0.717, 1.165) is 16.5 Å². The minimum atomic E-state index is 0.584. The topological polar surface area (TPSA) is 24.9 Å². The van der Waals surface area contributed by atoms with E-state index in [2.05, 4.69) is 16.4 Å². The summed E-state index contributed by atoms with van der Waals surface area (Å²) in [5.41, 5.74) is 1.17. The van der Waals surface area contributed by atoms with E-state index >= 15 is 0 Å². The summed E-state index contributed by atoms with van der Waals surface area (Å²) in [6.45, 7) is 0. The molecule has 0 aliphatic heterocycles. The number of rotatable bonds is 4. The average molecular weight is 299 g/mol. The Bertz CT molecular complexity index is 529. The van der Waals surface area contributed by atoms with Gasteiger partial charge in [0.05, 0.1) is 10.0 Å². The number of nitrogens with one attached hydrogen (secondary N) is 1. The van der Waals surface area contributed by atoms with Crippen molar-refractivity contribution >= 4 is 40.8 Å². The number of hydrogen-bond donors (Lipinski definition) is 1. The van der Waals surface area contributed by atoms with Crippen molar-refractivity contribution in [2.24, 2.45) is 0 Å². The van der Waals surface area contributed by atoms with Crippen LogP contribution in [-0.2, 0) is 5.75 Å². The molecule has 0 aliphatic rings. The van der Waals surface area contributed by atoms with E-state index in [1.54, 1.807) is 11.8 Å². The van der Waals surface area contributed by atoms with Crippen molar-refractivity contribution in [3.8, 4) is 0 Å². The van der Waals surface area contributed by atoms with Crippen molar-refractivity contribution in [1.82, 2.24) is 4.98 Å². The Balaban J connectivity index is 1.99. The zero-order valence-electron chi connectivity index (χ0n) is 9.78. The van der Waals surface area contributed by atoms with Crippen LogP contribution in [0.4, 0.5) is 5.82 Å². The molecule has 0 aliphatic carbocycles. The van der Waals surface area contributed by atoms with Crippen LogP contribution in [0.2, 0.25) is 10.0 Å². The van der Waals surface area contributed by atoms with Gasteiger partial charge in [0.1, 0.15) is 5.82 Å². The van der Waals surface area contributed by atoms with E-state index in [1.165, 1.54) is 5.56 Å². The van der Waals surface area contributed by atoms with Gasteiger partial charge >= 0.3 is 0 Å². The van der Waals surface area contributed by atoms with Gasteiger partial charge in [-0.1, -0.05) is 29.3 Å². The number of aromatic nitrogens is 1. The van der Waals surface area contributed by atoms with Crippen LogP contribution in [0.5, 0.6) is 0 Å². The molecule has 0 fully saturated rings. The third kappa shape index (κ3) is 3.55. The van der Waals surface area contributed by atoms with Crippen LogP contribution in [0.1, 0.15) is 5.56 Å². The maximum absolute atomic E-state index is 5.97. The predicted octanol–water partition coefficient (Wildman–Crippen LogP) is 4.72. The van der Waals surface area contributed by atoms with Gasteiger partial charge in [0.25, 0.3) is 0 Å². The van der Waals surface area contributed by atoms with Crippen molar-refractivity contribution in [3.63, 3.8) is 0 Å². The van der Waals surface area contributed by atoms with Crippen LogP contribution in [-0.4, -0.2) is 12.0 Å².